The molecule has 0 spiro atoms. The lowest BCUT2D eigenvalue weighted by molar-refractivity contribution is -0.116. The minimum atomic E-state index is -3.63. The average molecular weight is 343 g/mol. The molecule has 2 aromatic rings. The van der Waals surface area contributed by atoms with E-state index in [4.69, 9.17) is 5.26 Å². The van der Waals surface area contributed by atoms with Gasteiger partial charge in [0.05, 0.1) is 16.5 Å². The van der Waals surface area contributed by atoms with Crippen molar-refractivity contribution in [1.29, 1.82) is 5.26 Å². The minimum Gasteiger partial charge on any atom is -0.326 e. The molecule has 124 valence electrons. The maximum absolute atomic E-state index is 12.1. The van der Waals surface area contributed by atoms with Crippen molar-refractivity contribution in [3.8, 4) is 6.07 Å². The molecular weight excluding hydrogens is 326 g/mol. The number of nitrogens with one attached hydrogen (secondary N) is 2. The van der Waals surface area contributed by atoms with Crippen LogP contribution in [0.2, 0.25) is 0 Å². The first-order chi connectivity index (χ1) is 11.4. The molecular formula is C17H17N3O3S. The Morgan fingerprint density at radius 3 is 2.54 bits per heavy atom. The zero-order valence-corrected chi connectivity index (χ0v) is 13.9. The van der Waals surface area contributed by atoms with Crippen LogP contribution < -0.4 is 10.0 Å². The van der Waals surface area contributed by atoms with Gasteiger partial charge < -0.3 is 5.32 Å². The number of rotatable bonds is 6. The molecule has 0 fully saturated rings. The number of carbonyl (C=O) groups excluding carboxylic acids is 1. The van der Waals surface area contributed by atoms with E-state index < -0.39 is 10.0 Å². The maximum atomic E-state index is 12.1. The van der Waals surface area contributed by atoms with Crippen LogP contribution >= 0.6 is 0 Å². The molecule has 7 heteroatoms. The molecule has 6 nitrogen and oxygen atoms in total. The van der Waals surface area contributed by atoms with E-state index in [0.29, 0.717) is 11.3 Å². The predicted molar refractivity (Wildman–Crippen MR) is 90.8 cm³/mol. The van der Waals surface area contributed by atoms with Crippen LogP contribution in [0.4, 0.5) is 5.69 Å². The fourth-order valence-electron chi connectivity index (χ4n) is 1.99. The van der Waals surface area contributed by atoms with Crippen LogP contribution in [-0.4, -0.2) is 20.9 Å². The van der Waals surface area contributed by atoms with Crippen molar-refractivity contribution >= 4 is 21.6 Å². The van der Waals surface area contributed by atoms with Gasteiger partial charge in [-0.1, -0.05) is 23.8 Å². The highest BCUT2D eigenvalue weighted by Gasteiger charge is 2.13. The molecule has 2 aromatic carbocycles. The normalized spacial score (nSPS) is 10.8. The predicted octanol–water partition coefficient (Wildman–Crippen LogP) is 2.17. The summed E-state index contributed by atoms with van der Waals surface area (Å²) in [6.07, 6.45) is -0.0120. The van der Waals surface area contributed by atoms with Crippen LogP contribution in [0.25, 0.3) is 0 Å². The summed E-state index contributed by atoms with van der Waals surface area (Å²) in [4.78, 5) is 12.0. The van der Waals surface area contributed by atoms with Crippen molar-refractivity contribution < 1.29 is 13.2 Å². The van der Waals surface area contributed by atoms with Crippen LogP contribution in [0.15, 0.2) is 53.4 Å². The van der Waals surface area contributed by atoms with Gasteiger partial charge in [-0.05, 0) is 37.3 Å². The molecule has 0 atom stereocenters. The van der Waals surface area contributed by atoms with Gasteiger partial charge in [0.25, 0.3) is 0 Å². The van der Waals surface area contributed by atoms with Gasteiger partial charge in [-0.15, -0.1) is 0 Å². The molecule has 0 aliphatic rings. The Hall–Kier alpha value is -2.69. The van der Waals surface area contributed by atoms with Crippen molar-refractivity contribution in [2.45, 2.75) is 18.2 Å². The molecule has 0 saturated carbocycles. The van der Waals surface area contributed by atoms with E-state index in [2.05, 4.69) is 10.0 Å². The summed E-state index contributed by atoms with van der Waals surface area (Å²) in [6.45, 7) is 1.86. The monoisotopic (exact) mass is 343 g/mol. The molecule has 0 unspecified atom stereocenters. The van der Waals surface area contributed by atoms with Crippen molar-refractivity contribution in [3.63, 3.8) is 0 Å². The summed E-state index contributed by atoms with van der Waals surface area (Å²) >= 11 is 0. The molecule has 2 N–H and O–H groups in total. The second-order valence-electron chi connectivity index (χ2n) is 5.20. The average Bonchev–Trinajstić information content (AvgIpc) is 2.55. The van der Waals surface area contributed by atoms with Gasteiger partial charge >= 0.3 is 0 Å². The lowest BCUT2D eigenvalue weighted by Crippen LogP contribution is -2.27. The van der Waals surface area contributed by atoms with Gasteiger partial charge in [-0.25, -0.2) is 13.1 Å². The second kappa shape index (κ2) is 7.73. The zero-order valence-electron chi connectivity index (χ0n) is 13.1. The summed E-state index contributed by atoms with van der Waals surface area (Å²) in [5.41, 5.74) is 1.90. The number of anilines is 1. The third-order valence-electron chi connectivity index (χ3n) is 3.25. The Bertz CT molecular complexity index is 869. The van der Waals surface area contributed by atoms with E-state index in [0.717, 1.165) is 5.56 Å². The van der Waals surface area contributed by atoms with E-state index in [9.17, 15) is 13.2 Å². The molecule has 0 radical (unpaired) electrons. The number of hydrogen-bond donors (Lipinski definition) is 2. The highest BCUT2D eigenvalue weighted by molar-refractivity contribution is 7.89. The second-order valence-corrected chi connectivity index (χ2v) is 6.97. The highest BCUT2D eigenvalue weighted by atomic mass is 32.2. The number of benzene rings is 2. The molecule has 2 rings (SSSR count). The third kappa shape index (κ3) is 4.91. The van der Waals surface area contributed by atoms with Gasteiger partial charge in [-0.3, -0.25) is 4.79 Å². The molecule has 0 aromatic heterocycles. The Balaban J connectivity index is 1.88. The van der Waals surface area contributed by atoms with Gasteiger partial charge in [0.2, 0.25) is 15.9 Å². The van der Waals surface area contributed by atoms with Crippen LogP contribution in [0.5, 0.6) is 0 Å². The number of hydrogen-bond acceptors (Lipinski definition) is 4. The summed E-state index contributed by atoms with van der Waals surface area (Å²) in [5.74, 6) is -0.336. The van der Waals surface area contributed by atoms with Crippen LogP contribution in [0.1, 0.15) is 17.5 Å². The molecule has 24 heavy (non-hydrogen) atoms. The first kappa shape index (κ1) is 17.7. The SMILES string of the molecule is Cc1ccc(S(=O)(=O)NCCC(=O)Nc2cccc(C#N)c2)cc1. The topological polar surface area (TPSA) is 99.1 Å². The Morgan fingerprint density at radius 1 is 1.17 bits per heavy atom. The molecule has 1 amide bonds. The number of nitriles is 1. The third-order valence-corrected chi connectivity index (χ3v) is 4.73. The fraction of sp³-hybridized carbons (Fsp3) is 0.176. The van der Waals surface area contributed by atoms with E-state index in [-0.39, 0.29) is 23.8 Å². The number of nitrogens with zero attached hydrogens (tertiary/aromatic N) is 1. The summed E-state index contributed by atoms with van der Waals surface area (Å²) in [7, 11) is -3.63. The lowest BCUT2D eigenvalue weighted by atomic mass is 10.2. The first-order valence-corrected chi connectivity index (χ1v) is 8.75. The van der Waals surface area contributed by atoms with Crippen LogP contribution in [0.3, 0.4) is 0 Å². The summed E-state index contributed by atoms with van der Waals surface area (Å²) in [5, 5.41) is 11.4. The van der Waals surface area contributed by atoms with Crippen molar-refractivity contribution in [1.82, 2.24) is 4.72 Å². The van der Waals surface area contributed by atoms with E-state index in [1.807, 2.05) is 13.0 Å². The van der Waals surface area contributed by atoms with Crippen molar-refractivity contribution in [2.24, 2.45) is 0 Å². The lowest BCUT2D eigenvalue weighted by Gasteiger charge is -2.08. The van der Waals surface area contributed by atoms with Gasteiger partial charge in [0.1, 0.15) is 0 Å². The standard InChI is InChI=1S/C17H17N3O3S/c1-13-5-7-16(8-6-13)24(22,23)19-10-9-17(21)20-15-4-2-3-14(11-15)12-18/h2-8,11,19H,9-10H2,1H3,(H,20,21). The first-order valence-electron chi connectivity index (χ1n) is 7.27. The number of carbonyl (C=O) groups is 1. The van der Waals surface area contributed by atoms with E-state index >= 15 is 0 Å². The highest BCUT2D eigenvalue weighted by Crippen LogP contribution is 2.11. The molecule has 0 bridgehead atoms. The minimum absolute atomic E-state index is 0.0120. The van der Waals surface area contributed by atoms with E-state index in [1.165, 1.54) is 12.1 Å². The Morgan fingerprint density at radius 2 is 1.88 bits per heavy atom. The molecule has 0 saturated heterocycles. The number of amides is 1. The van der Waals surface area contributed by atoms with Gasteiger partial charge in [-0.2, -0.15) is 5.26 Å². The Labute approximate surface area is 141 Å². The van der Waals surface area contributed by atoms with Gasteiger partial charge in [0, 0.05) is 18.7 Å². The fourth-order valence-corrected chi connectivity index (χ4v) is 3.02. The van der Waals surface area contributed by atoms with Crippen LogP contribution in [-0.2, 0) is 14.8 Å². The number of sulfonamides is 1. The summed E-state index contributed by atoms with van der Waals surface area (Å²) in [6, 6.07) is 14.9. The van der Waals surface area contributed by atoms with Crippen LogP contribution in [0, 0.1) is 18.3 Å². The molecule has 0 aliphatic heterocycles. The largest absolute Gasteiger partial charge is 0.326 e. The van der Waals surface area contributed by atoms with Crippen molar-refractivity contribution in [2.75, 3.05) is 11.9 Å². The zero-order chi connectivity index (χ0) is 17.6. The Kier molecular flexibility index (Phi) is 5.68. The van der Waals surface area contributed by atoms with Crippen molar-refractivity contribution in [3.05, 3.63) is 59.7 Å². The van der Waals surface area contributed by atoms with E-state index in [1.54, 1.807) is 36.4 Å². The van der Waals surface area contributed by atoms with Gasteiger partial charge in [0.15, 0.2) is 0 Å². The quantitative estimate of drug-likeness (QED) is 0.839. The maximum Gasteiger partial charge on any atom is 0.240 e. The smallest absolute Gasteiger partial charge is 0.240 e. The summed E-state index contributed by atoms with van der Waals surface area (Å²) < 4.78 is 26.6. The number of aryl methyl sites for hydroxylation is 1. The molecule has 0 heterocycles. The molecule has 0 aliphatic carbocycles.